The maximum atomic E-state index is 13.2. The molecule has 142 valence electrons. The molecule has 1 aliphatic carbocycles. The Bertz CT molecular complexity index is 792. The van der Waals surface area contributed by atoms with E-state index in [-0.39, 0.29) is 11.9 Å². The summed E-state index contributed by atoms with van der Waals surface area (Å²) in [4.78, 5) is 30.0. The number of rotatable bonds is 4. The Morgan fingerprint density at radius 3 is 2.78 bits per heavy atom. The van der Waals surface area contributed by atoms with Gasteiger partial charge in [0.2, 0.25) is 0 Å². The number of aromatic nitrogens is 3. The maximum absolute atomic E-state index is 13.2. The van der Waals surface area contributed by atoms with E-state index in [0.717, 1.165) is 50.5 Å². The third kappa shape index (κ3) is 3.38. The Hall–Kier alpha value is -2.21. The molecule has 0 bridgehead atoms. The van der Waals surface area contributed by atoms with Gasteiger partial charge in [0.25, 0.3) is 5.91 Å². The molecule has 5 rings (SSSR count). The molecule has 1 N–H and O–H groups in total. The molecule has 6 nitrogen and oxygen atoms in total. The molecule has 0 spiro atoms. The number of carbonyl (C=O) groups excluding carboxylic acids is 1. The fourth-order valence-corrected chi connectivity index (χ4v) is 4.78. The Balaban J connectivity index is 1.37. The Kier molecular flexibility index (Phi) is 4.44. The van der Waals surface area contributed by atoms with Crippen molar-refractivity contribution in [3.63, 3.8) is 0 Å². The number of nitrogens with one attached hydrogen (secondary N) is 1. The number of nitrogens with zero attached hydrogens (tertiary/aromatic N) is 4. The topological polar surface area (TPSA) is 65.1 Å². The van der Waals surface area contributed by atoms with Crippen LogP contribution in [0.15, 0.2) is 30.9 Å². The van der Waals surface area contributed by atoms with Crippen molar-refractivity contribution >= 4 is 5.91 Å². The summed E-state index contributed by atoms with van der Waals surface area (Å²) in [7, 11) is 0. The van der Waals surface area contributed by atoms with Gasteiger partial charge in [0, 0.05) is 37.6 Å². The maximum Gasteiger partial charge on any atom is 0.256 e. The molecule has 1 saturated heterocycles. The van der Waals surface area contributed by atoms with E-state index in [1.807, 2.05) is 12.1 Å². The van der Waals surface area contributed by atoms with Crippen LogP contribution < -0.4 is 0 Å². The van der Waals surface area contributed by atoms with Gasteiger partial charge >= 0.3 is 0 Å². The summed E-state index contributed by atoms with van der Waals surface area (Å²) in [5.74, 6) is 1.50. The Morgan fingerprint density at radius 2 is 2.04 bits per heavy atom. The molecule has 1 saturated carbocycles. The lowest BCUT2D eigenvalue weighted by atomic mass is 9.83. The number of carbonyl (C=O) groups is 1. The fourth-order valence-electron chi connectivity index (χ4n) is 4.78. The second-order valence-corrected chi connectivity index (χ2v) is 8.28. The summed E-state index contributed by atoms with van der Waals surface area (Å²) in [6.07, 6.45) is 11.1. The molecule has 1 amide bonds. The lowest BCUT2D eigenvalue weighted by Crippen LogP contribution is -2.46. The van der Waals surface area contributed by atoms with E-state index in [9.17, 15) is 4.79 Å². The van der Waals surface area contributed by atoms with Gasteiger partial charge in [-0.15, -0.1) is 0 Å². The number of hydrogen-bond acceptors (Lipinski definition) is 4. The van der Waals surface area contributed by atoms with Crippen LogP contribution in [0.4, 0.5) is 0 Å². The fraction of sp³-hybridized carbons (Fsp3) is 0.571. The van der Waals surface area contributed by atoms with Crippen LogP contribution in [-0.2, 0) is 6.42 Å². The van der Waals surface area contributed by atoms with Gasteiger partial charge < -0.3 is 14.8 Å². The number of imidazole rings is 1. The molecule has 1 unspecified atom stereocenters. The molecule has 2 aromatic rings. The molecule has 6 heteroatoms. The lowest BCUT2D eigenvalue weighted by molar-refractivity contribution is 0.0468. The third-order valence-corrected chi connectivity index (χ3v) is 6.43. The monoisotopic (exact) mass is 365 g/mol. The highest BCUT2D eigenvalue weighted by Crippen LogP contribution is 2.40. The zero-order valence-electron chi connectivity index (χ0n) is 15.7. The summed E-state index contributed by atoms with van der Waals surface area (Å²) in [5, 5.41) is 0. The zero-order chi connectivity index (χ0) is 18.2. The van der Waals surface area contributed by atoms with E-state index < -0.39 is 0 Å². The van der Waals surface area contributed by atoms with Gasteiger partial charge in [0.15, 0.2) is 0 Å². The first-order valence-electron chi connectivity index (χ1n) is 10.2. The van der Waals surface area contributed by atoms with Gasteiger partial charge in [-0.25, -0.2) is 4.98 Å². The number of hydrogen-bond donors (Lipinski definition) is 1. The summed E-state index contributed by atoms with van der Waals surface area (Å²) in [5.41, 5.74) is 2.96. The quantitative estimate of drug-likeness (QED) is 0.905. The normalized spacial score (nSPS) is 24.0. The minimum atomic E-state index is 0.0794. The van der Waals surface area contributed by atoms with E-state index in [1.54, 1.807) is 18.7 Å². The Morgan fingerprint density at radius 1 is 1.19 bits per heavy atom. The molecule has 2 aliphatic heterocycles. The summed E-state index contributed by atoms with van der Waals surface area (Å²) in [6.45, 7) is 4.30. The standard InChI is InChI=1S/C21H27N5O/c27-21(17-2-1-8-22-12-17)26-11-7-18-19(24-14-23-18)20(26)16-5-9-25(10-6-16)13-15-3-4-15/h1-2,8,12,14-16,20H,3-7,9-11,13H2,(H,23,24). The van der Waals surface area contributed by atoms with Crippen LogP contribution in [0, 0.1) is 11.8 Å². The summed E-state index contributed by atoms with van der Waals surface area (Å²) < 4.78 is 0. The molecule has 0 radical (unpaired) electrons. The average molecular weight is 365 g/mol. The van der Waals surface area contributed by atoms with Crippen molar-refractivity contribution in [1.29, 1.82) is 0 Å². The second-order valence-electron chi connectivity index (χ2n) is 8.28. The second kappa shape index (κ2) is 7.08. The number of piperidine rings is 1. The van der Waals surface area contributed by atoms with Gasteiger partial charge in [0.1, 0.15) is 0 Å². The molecule has 0 aromatic carbocycles. The largest absolute Gasteiger partial charge is 0.348 e. The average Bonchev–Trinajstić information content (AvgIpc) is 3.40. The molecular formula is C21H27N5O. The minimum absolute atomic E-state index is 0.0794. The lowest BCUT2D eigenvalue weighted by Gasteiger charge is -2.43. The first-order valence-corrected chi connectivity index (χ1v) is 10.2. The van der Waals surface area contributed by atoms with Crippen molar-refractivity contribution in [2.75, 3.05) is 26.2 Å². The van der Waals surface area contributed by atoms with Crippen molar-refractivity contribution < 1.29 is 4.79 Å². The van der Waals surface area contributed by atoms with Gasteiger partial charge in [-0.2, -0.15) is 0 Å². The zero-order valence-corrected chi connectivity index (χ0v) is 15.7. The van der Waals surface area contributed by atoms with Crippen molar-refractivity contribution in [3.05, 3.63) is 47.8 Å². The van der Waals surface area contributed by atoms with Crippen LogP contribution >= 0.6 is 0 Å². The molecule has 1 atom stereocenters. The minimum Gasteiger partial charge on any atom is -0.348 e. The Labute approximate surface area is 160 Å². The highest BCUT2D eigenvalue weighted by Gasteiger charge is 2.40. The van der Waals surface area contributed by atoms with E-state index >= 15 is 0 Å². The highest BCUT2D eigenvalue weighted by molar-refractivity contribution is 5.94. The van der Waals surface area contributed by atoms with Gasteiger partial charge in [0.05, 0.1) is 23.6 Å². The van der Waals surface area contributed by atoms with Crippen molar-refractivity contribution in [2.45, 2.75) is 38.1 Å². The van der Waals surface area contributed by atoms with E-state index in [4.69, 9.17) is 0 Å². The predicted octanol–water partition coefficient (Wildman–Crippen LogP) is 2.67. The van der Waals surface area contributed by atoms with E-state index in [2.05, 4.69) is 24.8 Å². The number of amides is 1. The van der Waals surface area contributed by atoms with Crippen LogP contribution in [-0.4, -0.2) is 56.8 Å². The SMILES string of the molecule is O=C(c1cccnc1)N1CCc2[nH]cnc2C1C1CCN(CC2CC2)CC1. The molecule has 27 heavy (non-hydrogen) atoms. The summed E-state index contributed by atoms with van der Waals surface area (Å²) in [6, 6.07) is 3.78. The first kappa shape index (κ1) is 16.9. The number of aromatic amines is 1. The van der Waals surface area contributed by atoms with Crippen LogP contribution in [0.1, 0.15) is 53.5 Å². The number of likely N-dealkylation sites (tertiary alicyclic amines) is 1. The molecule has 2 fully saturated rings. The number of fused-ring (bicyclic) bond motifs is 1. The van der Waals surface area contributed by atoms with Crippen LogP contribution in [0.25, 0.3) is 0 Å². The van der Waals surface area contributed by atoms with Crippen LogP contribution in [0.5, 0.6) is 0 Å². The first-order chi connectivity index (χ1) is 13.3. The van der Waals surface area contributed by atoms with Gasteiger partial charge in [-0.1, -0.05) is 0 Å². The highest BCUT2D eigenvalue weighted by atomic mass is 16.2. The third-order valence-electron chi connectivity index (χ3n) is 6.43. The smallest absolute Gasteiger partial charge is 0.256 e. The number of pyridine rings is 1. The molecule has 4 heterocycles. The molecule has 2 aromatic heterocycles. The van der Waals surface area contributed by atoms with Crippen molar-refractivity contribution in [2.24, 2.45) is 11.8 Å². The number of H-pyrrole nitrogens is 1. The van der Waals surface area contributed by atoms with Gasteiger partial charge in [-0.3, -0.25) is 9.78 Å². The van der Waals surface area contributed by atoms with Crippen LogP contribution in [0.2, 0.25) is 0 Å². The van der Waals surface area contributed by atoms with E-state index in [1.165, 1.54) is 25.1 Å². The molecule has 3 aliphatic rings. The van der Waals surface area contributed by atoms with Crippen molar-refractivity contribution in [1.82, 2.24) is 24.8 Å². The summed E-state index contributed by atoms with van der Waals surface area (Å²) >= 11 is 0. The van der Waals surface area contributed by atoms with Gasteiger partial charge in [-0.05, 0) is 62.7 Å². The van der Waals surface area contributed by atoms with E-state index in [0.29, 0.717) is 11.5 Å². The van der Waals surface area contributed by atoms with Crippen LogP contribution in [0.3, 0.4) is 0 Å². The molecular weight excluding hydrogens is 338 g/mol. The predicted molar refractivity (Wildman–Crippen MR) is 102 cm³/mol. The van der Waals surface area contributed by atoms with Crippen molar-refractivity contribution in [3.8, 4) is 0 Å².